The summed E-state index contributed by atoms with van der Waals surface area (Å²) < 4.78 is 10.4. The first-order chi connectivity index (χ1) is 10.5. The number of anilines is 1. The van der Waals surface area contributed by atoms with Gasteiger partial charge >= 0.3 is 5.97 Å². The van der Waals surface area contributed by atoms with Crippen molar-refractivity contribution in [2.75, 3.05) is 45.8 Å². The van der Waals surface area contributed by atoms with Crippen molar-refractivity contribution in [1.82, 2.24) is 4.90 Å². The lowest BCUT2D eigenvalue weighted by Gasteiger charge is -2.32. The van der Waals surface area contributed by atoms with Gasteiger partial charge < -0.3 is 14.4 Å². The van der Waals surface area contributed by atoms with E-state index in [0.29, 0.717) is 13.0 Å². The number of ether oxygens (including phenoxy) is 2. The fourth-order valence-corrected chi connectivity index (χ4v) is 2.89. The lowest BCUT2D eigenvalue weighted by atomic mass is 10.1. The van der Waals surface area contributed by atoms with E-state index in [0.717, 1.165) is 19.6 Å². The van der Waals surface area contributed by atoms with Gasteiger partial charge in [-0.2, -0.15) is 0 Å². The average Bonchev–Trinajstić information content (AvgIpc) is 2.47. The number of benzene rings is 1. The Labute approximate surface area is 132 Å². The third-order valence-corrected chi connectivity index (χ3v) is 3.99. The van der Waals surface area contributed by atoms with Crippen molar-refractivity contribution >= 4 is 11.7 Å². The van der Waals surface area contributed by atoms with Crippen molar-refractivity contribution in [3.63, 3.8) is 0 Å². The summed E-state index contributed by atoms with van der Waals surface area (Å²) in [7, 11) is 5.53. The monoisotopic (exact) mass is 306 g/mol. The van der Waals surface area contributed by atoms with Gasteiger partial charge in [0.15, 0.2) is 0 Å². The zero-order chi connectivity index (χ0) is 16.1. The van der Waals surface area contributed by atoms with Gasteiger partial charge in [-0.1, -0.05) is 12.1 Å². The lowest BCUT2D eigenvalue weighted by Crippen LogP contribution is -2.42. The number of carbonyl (C=O) groups excluding carboxylic acids is 1. The van der Waals surface area contributed by atoms with E-state index < -0.39 is 0 Å². The van der Waals surface area contributed by atoms with Crippen LogP contribution >= 0.6 is 0 Å². The summed E-state index contributed by atoms with van der Waals surface area (Å²) in [6, 6.07) is 6.57. The molecule has 5 nitrogen and oxygen atoms in total. The molecule has 1 atom stereocenters. The summed E-state index contributed by atoms with van der Waals surface area (Å²) in [6.07, 6.45) is 0.259. The Balaban J connectivity index is 1.95. The van der Waals surface area contributed by atoms with E-state index in [2.05, 4.69) is 49.0 Å². The molecule has 0 aromatic heterocycles. The maximum Gasteiger partial charge on any atom is 0.308 e. The molecule has 0 amide bonds. The molecule has 0 saturated carbocycles. The summed E-state index contributed by atoms with van der Waals surface area (Å²) in [5, 5.41) is 0. The molecule has 1 aliphatic rings. The van der Waals surface area contributed by atoms with E-state index in [-0.39, 0.29) is 12.1 Å². The molecule has 1 heterocycles. The van der Waals surface area contributed by atoms with Gasteiger partial charge in [-0.15, -0.1) is 0 Å². The summed E-state index contributed by atoms with van der Waals surface area (Å²) in [6.45, 7) is 5.35. The lowest BCUT2D eigenvalue weighted by molar-refractivity contribution is -0.145. The quantitative estimate of drug-likeness (QED) is 0.776. The van der Waals surface area contributed by atoms with Crippen LogP contribution in [0, 0.1) is 6.92 Å². The Hall–Kier alpha value is -1.59. The molecule has 1 saturated heterocycles. The summed E-state index contributed by atoms with van der Waals surface area (Å²) >= 11 is 0. The fourth-order valence-electron chi connectivity index (χ4n) is 2.89. The second-order valence-electron chi connectivity index (χ2n) is 6.02. The van der Waals surface area contributed by atoms with E-state index >= 15 is 0 Å². The third kappa shape index (κ3) is 4.45. The molecule has 0 unspecified atom stereocenters. The molecule has 1 aromatic carbocycles. The van der Waals surface area contributed by atoms with E-state index in [1.54, 1.807) is 0 Å². The molecule has 2 rings (SSSR count). The predicted molar refractivity (Wildman–Crippen MR) is 87.2 cm³/mol. The van der Waals surface area contributed by atoms with Gasteiger partial charge in [0, 0.05) is 39.4 Å². The first kappa shape index (κ1) is 16.8. The predicted octanol–water partition coefficient (Wildman–Crippen LogP) is 1.82. The van der Waals surface area contributed by atoms with Gasteiger partial charge in [0.2, 0.25) is 0 Å². The summed E-state index contributed by atoms with van der Waals surface area (Å²) in [5.74, 6) is -0.210. The number of aryl methyl sites for hydroxylation is 1. The van der Waals surface area contributed by atoms with Crippen LogP contribution in [-0.4, -0.2) is 57.9 Å². The van der Waals surface area contributed by atoms with Crippen LogP contribution < -0.4 is 4.90 Å². The Morgan fingerprint density at radius 2 is 2.23 bits per heavy atom. The number of morpholine rings is 1. The van der Waals surface area contributed by atoms with E-state index in [1.807, 2.05) is 0 Å². The zero-order valence-corrected chi connectivity index (χ0v) is 14.0. The Morgan fingerprint density at radius 1 is 1.45 bits per heavy atom. The zero-order valence-electron chi connectivity index (χ0n) is 14.0. The van der Waals surface area contributed by atoms with Crippen LogP contribution in [0.3, 0.4) is 0 Å². The van der Waals surface area contributed by atoms with Gasteiger partial charge in [0.25, 0.3) is 0 Å². The molecular weight excluding hydrogens is 280 g/mol. The molecule has 1 aliphatic heterocycles. The summed E-state index contributed by atoms with van der Waals surface area (Å²) in [4.78, 5) is 15.8. The number of methoxy groups -OCH3 is 1. The standard InChI is InChI=1S/C17H26N2O3/c1-13-9-14(5-6-16(13)18(2)3)11-19-7-8-22-15(12-19)10-17(20)21-4/h5-6,9,15H,7-8,10-12H2,1-4H3/t15-/m1/s1. The normalized spacial score (nSPS) is 19.0. The Morgan fingerprint density at radius 3 is 2.86 bits per heavy atom. The van der Waals surface area contributed by atoms with Crippen molar-refractivity contribution in [1.29, 1.82) is 0 Å². The van der Waals surface area contributed by atoms with Crippen LogP contribution in [0.25, 0.3) is 0 Å². The van der Waals surface area contributed by atoms with Gasteiger partial charge in [-0.25, -0.2) is 0 Å². The topological polar surface area (TPSA) is 42.0 Å². The highest BCUT2D eigenvalue weighted by Crippen LogP contribution is 2.21. The molecule has 0 spiro atoms. The second-order valence-corrected chi connectivity index (χ2v) is 6.02. The maximum atomic E-state index is 11.4. The molecule has 122 valence electrons. The molecule has 1 aromatic rings. The molecular formula is C17H26N2O3. The first-order valence-corrected chi connectivity index (χ1v) is 7.67. The Kier molecular flexibility index (Phi) is 5.80. The smallest absolute Gasteiger partial charge is 0.308 e. The molecule has 5 heteroatoms. The van der Waals surface area contributed by atoms with Gasteiger partial charge in [-0.3, -0.25) is 9.69 Å². The number of carbonyl (C=O) groups is 1. The molecule has 0 aliphatic carbocycles. The minimum Gasteiger partial charge on any atom is -0.469 e. The van der Waals surface area contributed by atoms with Crippen LogP contribution in [-0.2, 0) is 20.8 Å². The molecule has 0 bridgehead atoms. The van der Waals surface area contributed by atoms with E-state index in [1.165, 1.54) is 23.9 Å². The average molecular weight is 306 g/mol. The van der Waals surface area contributed by atoms with Crippen molar-refractivity contribution < 1.29 is 14.3 Å². The molecule has 1 fully saturated rings. The van der Waals surface area contributed by atoms with E-state index in [9.17, 15) is 4.79 Å². The summed E-state index contributed by atoms with van der Waals surface area (Å²) in [5.41, 5.74) is 3.82. The fraction of sp³-hybridized carbons (Fsp3) is 0.588. The largest absolute Gasteiger partial charge is 0.469 e. The van der Waals surface area contributed by atoms with Crippen molar-refractivity contribution in [3.8, 4) is 0 Å². The highest BCUT2D eigenvalue weighted by Gasteiger charge is 2.23. The first-order valence-electron chi connectivity index (χ1n) is 7.67. The number of rotatable bonds is 5. The minimum atomic E-state index is -0.210. The number of hydrogen-bond acceptors (Lipinski definition) is 5. The van der Waals surface area contributed by atoms with Crippen LogP contribution in [0.15, 0.2) is 18.2 Å². The highest BCUT2D eigenvalue weighted by atomic mass is 16.5. The van der Waals surface area contributed by atoms with Crippen molar-refractivity contribution in [2.24, 2.45) is 0 Å². The highest BCUT2D eigenvalue weighted by molar-refractivity contribution is 5.69. The minimum absolute atomic E-state index is 0.0663. The third-order valence-electron chi connectivity index (χ3n) is 3.99. The van der Waals surface area contributed by atoms with Crippen LogP contribution in [0.1, 0.15) is 17.5 Å². The number of hydrogen-bond donors (Lipinski definition) is 0. The molecule has 0 radical (unpaired) electrons. The van der Waals surface area contributed by atoms with Crippen LogP contribution in [0.4, 0.5) is 5.69 Å². The molecule has 22 heavy (non-hydrogen) atoms. The van der Waals surface area contributed by atoms with Gasteiger partial charge in [0.05, 0.1) is 26.2 Å². The van der Waals surface area contributed by atoms with Crippen molar-refractivity contribution in [3.05, 3.63) is 29.3 Å². The number of nitrogens with zero attached hydrogens (tertiary/aromatic N) is 2. The SMILES string of the molecule is COC(=O)C[C@@H]1CN(Cc2ccc(N(C)C)c(C)c2)CCO1. The second kappa shape index (κ2) is 7.61. The maximum absolute atomic E-state index is 11.4. The van der Waals surface area contributed by atoms with Crippen molar-refractivity contribution in [2.45, 2.75) is 26.0 Å². The molecule has 0 N–H and O–H groups in total. The van der Waals surface area contributed by atoms with Crippen LogP contribution in [0.2, 0.25) is 0 Å². The van der Waals surface area contributed by atoms with E-state index in [4.69, 9.17) is 9.47 Å². The number of esters is 1. The Bertz CT molecular complexity index is 517. The van der Waals surface area contributed by atoms with Crippen LogP contribution in [0.5, 0.6) is 0 Å². The van der Waals surface area contributed by atoms with Gasteiger partial charge in [-0.05, 0) is 24.1 Å². The van der Waals surface area contributed by atoms with Gasteiger partial charge in [0.1, 0.15) is 0 Å².